The summed E-state index contributed by atoms with van der Waals surface area (Å²) in [6.45, 7) is 5.03. The number of unbranched alkanes of at least 4 members (excludes halogenated alkanes) is 1. The summed E-state index contributed by atoms with van der Waals surface area (Å²) in [5, 5.41) is 2.88. The molecule has 2 aromatic rings. The number of ether oxygens (including phenoxy) is 1. The number of benzene rings is 2. The lowest BCUT2D eigenvalue weighted by Crippen LogP contribution is -2.26. The fraction of sp³-hybridized carbons (Fsp3) is 0.435. The summed E-state index contributed by atoms with van der Waals surface area (Å²) in [5.74, 6) is 0.881. The third-order valence-electron chi connectivity index (χ3n) is 5.02. The fourth-order valence-corrected chi connectivity index (χ4v) is 4.30. The number of rotatable bonds is 11. The van der Waals surface area contributed by atoms with Gasteiger partial charge in [0, 0.05) is 19.0 Å². The van der Waals surface area contributed by atoms with Crippen LogP contribution in [0.2, 0.25) is 0 Å². The molecule has 1 aliphatic rings. The van der Waals surface area contributed by atoms with E-state index < -0.39 is 10.0 Å². The smallest absolute Gasteiger partial charge is 0.240 e. The van der Waals surface area contributed by atoms with Crippen LogP contribution in [0.5, 0.6) is 5.75 Å². The van der Waals surface area contributed by atoms with E-state index in [0.29, 0.717) is 19.6 Å². The van der Waals surface area contributed by atoms with Crippen LogP contribution in [0.15, 0.2) is 47.4 Å². The zero-order valence-corrected chi connectivity index (χ0v) is 18.4. The van der Waals surface area contributed by atoms with Crippen LogP contribution in [0.25, 0.3) is 0 Å². The van der Waals surface area contributed by atoms with Gasteiger partial charge in [-0.3, -0.25) is 4.79 Å². The van der Waals surface area contributed by atoms with E-state index in [2.05, 4.69) is 16.1 Å². The summed E-state index contributed by atoms with van der Waals surface area (Å²) < 4.78 is 32.8. The van der Waals surface area contributed by atoms with Crippen LogP contribution in [0.3, 0.4) is 0 Å². The molecule has 7 heteroatoms. The van der Waals surface area contributed by atoms with E-state index in [4.69, 9.17) is 4.74 Å². The molecular weight excluding hydrogens is 400 g/mol. The van der Waals surface area contributed by atoms with Crippen LogP contribution in [0, 0.1) is 13.8 Å². The van der Waals surface area contributed by atoms with Crippen molar-refractivity contribution in [3.8, 4) is 5.75 Å². The van der Waals surface area contributed by atoms with E-state index in [9.17, 15) is 13.2 Å². The highest BCUT2D eigenvalue weighted by Crippen LogP contribution is 2.22. The van der Waals surface area contributed by atoms with Crippen molar-refractivity contribution in [2.24, 2.45) is 0 Å². The van der Waals surface area contributed by atoms with Gasteiger partial charge in [0.25, 0.3) is 0 Å². The number of amides is 1. The van der Waals surface area contributed by atoms with Crippen molar-refractivity contribution < 1.29 is 17.9 Å². The third kappa shape index (κ3) is 6.85. The zero-order valence-electron chi connectivity index (χ0n) is 17.6. The number of sulfonamides is 1. The van der Waals surface area contributed by atoms with Crippen LogP contribution in [0.4, 0.5) is 0 Å². The minimum Gasteiger partial charge on any atom is -0.493 e. The fourth-order valence-electron chi connectivity index (χ4n) is 3.00. The molecule has 0 atom stereocenters. The molecule has 1 fully saturated rings. The van der Waals surface area contributed by atoms with Crippen LogP contribution in [-0.2, 0) is 21.4 Å². The number of hydrogen-bond acceptors (Lipinski definition) is 4. The lowest BCUT2D eigenvalue weighted by Gasteiger charge is -2.10. The van der Waals surface area contributed by atoms with E-state index >= 15 is 0 Å². The van der Waals surface area contributed by atoms with Crippen LogP contribution in [0.1, 0.15) is 48.8 Å². The first kappa shape index (κ1) is 22.3. The van der Waals surface area contributed by atoms with Crippen molar-refractivity contribution in [1.29, 1.82) is 0 Å². The summed E-state index contributed by atoms with van der Waals surface area (Å²) in [4.78, 5) is 12.3. The minimum atomic E-state index is -3.44. The molecule has 0 spiro atoms. The second-order valence-corrected chi connectivity index (χ2v) is 9.60. The van der Waals surface area contributed by atoms with Gasteiger partial charge < -0.3 is 10.1 Å². The summed E-state index contributed by atoms with van der Waals surface area (Å²) in [5.41, 5.74) is 3.15. The largest absolute Gasteiger partial charge is 0.493 e. The van der Waals surface area contributed by atoms with Crippen molar-refractivity contribution >= 4 is 15.9 Å². The van der Waals surface area contributed by atoms with Crippen LogP contribution < -0.4 is 14.8 Å². The maximum absolute atomic E-state index is 12.2. The van der Waals surface area contributed by atoms with Crippen molar-refractivity contribution in [3.63, 3.8) is 0 Å². The maximum atomic E-state index is 12.2. The Morgan fingerprint density at radius 1 is 1.07 bits per heavy atom. The van der Waals surface area contributed by atoms with Gasteiger partial charge in [-0.15, -0.1) is 0 Å². The van der Waals surface area contributed by atoms with E-state index in [-0.39, 0.29) is 16.8 Å². The lowest BCUT2D eigenvalue weighted by atomic mass is 10.1. The quantitative estimate of drug-likeness (QED) is 0.534. The maximum Gasteiger partial charge on any atom is 0.240 e. The van der Waals surface area contributed by atoms with Gasteiger partial charge in [0.05, 0.1) is 11.5 Å². The molecule has 1 amide bonds. The van der Waals surface area contributed by atoms with Gasteiger partial charge in [0.2, 0.25) is 15.9 Å². The predicted octanol–water partition coefficient (Wildman–Crippen LogP) is 3.61. The first-order chi connectivity index (χ1) is 14.3. The molecule has 0 saturated heterocycles. The Morgan fingerprint density at radius 3 is 2.50 bits per heavy atom. The number of carbonyl (C=O) groups is 1. The standard InChI is InChI=1S/C23H30N2O4S/c1-17-6-7-18(2)22(15-17)29-14-4-3-5-23(26)24-16-19-8-12-21(13-9-19)30(27,28)25-20-10-11-20/h6-9,12-13,15,20,25H,3-5,10-11,14,16H2,1-2H3,(H,24,26). The molecule has 1 aliphatic carbocycles. The van der Waals surface area contributed by atoms with Gasteiger partial charge in [-0.25, -0.2) is 13.1 Å². The first-order valence-electron chi connectivity index (χ1n) is 10.4. The van der Waals surface area contributed by atoms with Gasteiger partial charge in [0.1, 0.15) is 5.75 Å². The number of hydrogen-bond donors (Lipinski definition) is 2. The molecule has 0 aliphatic heterocycles. The van der Waals surface area contributed by atoms with E-state index in [1.54, 1.807) is 24.3 Å². The molecule has 0 aromatic heterocycles. The highest BCUT2D eigenvalue weighted by molar-refractivity contribution is 7.89. The van der Waals surface area contributed by atoms with Gasteiger partial charge in [-0.1, -0.05) is 24.3 Å². The van der Waals surface area contributed by atoms with Gasteiger partial charge in [-0.05, 0) is 74.4 Å². The highest BCUT2D eigenvalue weighted by atomic mass is 32.2. The van der Waals surface area contributed by atoms with Crippen molar-refractivity contribution in [1.82, 2.24) is 10.0 Å². The molecule has 3 rings (SSSR count). The highest BCUT2D eigenvalue weighted by Gasteiger charge is 2.27. The number of carbonyl (C=O) groups excluding carboxylic acids is 1. The summed E-state index contributed by atoms with van der Waals surface area (Å²) in [6.07, 6.45) is 3.80. The summed E-state index contributed by atoms with van der Waals surface area (Å²) in [7, 11) is -3.44. The van der Waals surface area contributed by atoms with Crippen molar-refractivity contribution in [2.45, 2.75) is 63.4 Å². The molecule has 0 unspecified atom stereocenters. The molecule has 2 aromatic carbocycles. The molecule has 6 nitrogen and oxygen atoms in total. The monoisotopic (exact) mass is 430 g/mol. The summed E-state index contributed by atoms with van der Waals surface area (Å²) in [6, 6.07) is 12.8. The van der Waals surface area contributed by atoms with Gasteiger partial charge >= 0.3 is 0 Å². The second-order valence-electron chi connectivity index (χ2n) is 7.89. The Balaban J connectivity index is 1.34. The molecule has 0 bridgehead atoms. The zero-order chi connectivity index (χ0) is 21.6. The Hall–Kier alpha value is -2.38. The summed E-state index contributed by atoms with van der Waals surface area (Å²) >= 11 is 0. The lowest BCUT2D eigenvalue weighted by molar-refractivity contribution is -0.121. The van der Waals surface area contributed by atoms with E-state index in [1.165, 1.54) is 5.56 Å². The molecule has 1 saturated carbocycles. The normalized spacial score (nSPS) is 13.8. The molecular formula is C23H30N2O4S. The topological polar surface area (TPSA) is 84.5 Å². The Morgan fingerprint density at radius 2 is 1.80 bits per heavy atom. The molecule has 162 valence electrons. The Kier molecular flexibility index (Phi) is 7.50. The average Bonchev–Trinajstić information content (AvgIpc) is 3.52. The van der Waals surface area contributed by atoms with Crippen molar-refractivity contribution in [3.05, 3.63) is 59.2 Å². The van der Waals surface area contributed by atoms with Crippen LogP contribution in [-0.4, -0.2) is 27.0 Å². The van der Waals surface area contributed by atoms with Crippen LogP contribution >= 0.6 is 0 Å². The van der Waals surface area contributed by atoms with Gasteiger partial charge in [0.15, 0.2) is 0 Å². The number of nitrogens with one attached hydrogen (secondary N) is 2. The van der Waals surface area contributed by atoms with Gasteiger partial charge in [-0.2, -0.15) is 0 Å². The third-order valence-corrected chi connectivity index (χ3v) is 6.56. The molecule has 2 N–H and O–H groups in total. The molecule has 0 radical (unpaired) electrons. The second kappa shape index (κ2) is 10.1. The predicted molar refractivity (Wildman–Crippen MR) is 117 cm³/mol. The van der Waals surface area contributed by atoms with Crippen molar-refractivity contribution in [2.75, 3.05) is 6.61 Å². The Bertz CT molecular complexity index is 967. The minimum absolute atomic E-state index is 0.0196. The Labute approximate surface area is 179 Å². The SMILES string of the molecule is Cc1ccc(C)c(OCCCCC(=O)NCc2ccc(S(=O)(=O)NC3CC3)cc2)c1. The molecule has 0 heterocycles. The van der Waals surface area contributed by atoms with E-state index in [0.717, 1.165) is 42.6 Å². The number of aryl methyl sites for hydroxylation is 2. The first-order valence-corrected chi connectivity index (χ1v) is 11.9. The molecule has 30 heavy (non-hydrogen) atoms. The average molecular weight is 431 g/mol. The van der Waals surface area contributed by atoms with E-state index in [1.807, 2.05) is 26.0 Å².